The molecule has 17 nitrogen and oxygen atoms in total. The second-order valence-corrected chi connectivity index (χ2v) is 28.8. The van der Waals surface area contributed by atoms with Crippen LogP contribution >= 0.6 is 15.6 Å². The smallest absolute Gasteiger partial charge is 0.462 e. The van der Waals surface area contributed by atoms with E-state index >= 15 is 0 Å². The molecule has 0 saturated heterocycles. The average Bonchev–Trinajstić information content (AvgIpc) is 0.911. The number of hydrogen-bond donors (Lipinski definition) is 3. The van der Waals surface area contributed by atoms with Crippen LogP contribution < -0.4 is 0 Å². The van der Waals surface area contributed by atoms with Gasteiger partial charge in [-0.15, -0.1) is 0 Å². The lowest BCUT2D eigenvalue weighted by Crippen LogP contribution is -2.30. The number of unbranched alkanes of at least 4 members (excludes halogenated alkanes) is 21. The predicted octanol–water partition coefficient (Wildman–Crippen LogP) is 23.2. The van der Waals surface area contributed by atoms with Crippen molar-refractivity contribution >= 4 is 39.5 Å². The predicted molar refractivity (Wildman–Crippen MR) is 427 cm³/mol. The van der Waals surface area contributed by atoms with E-state index in [2.05, 4.69) is 155 Å². The van der Waals surface area contributed by atoms with Crippen molar-refractivity contribution in [3.05, 3.63) is 158 Å². The Morgan fingerprint density at radius 1 is 0.279 bits per heavy atom. The summed E-state index contributed by atoms with van der Waals surface area (Å²) in [5.41, 5.74) is 0. The van der Waals surface area contributed by atoms with E-state index in [9.17, 15) is 43.2 Å². The van der Waals surface area contributed by atoms with E-state index in [1.54, 1.807) is 0 Å². The van der Waals surface area contributed by atoms with Gasteiger partial charge in [-0.2, -0.15) is 0 Å². The topological polar surface area (TPSA) is 237 Å². The molecule has 3 N–H and O–H groups in total. The van der Waals surface area contributed by atoms with Gasteiger partial charge in [0.15, 0.2) is 12.2 Å². The van der Waals surface area contributed by atoms with Gasteiger partial charge in [0, 0.05) is 25.7 Å². The van der Waals surface area contributed by atoms with Crippen LogP contribution in [0.4, 0.5) is 0 Å². The number of ether oxygens (including phenoxy) is 4. The third kappa shape index (κ3) is 74.9. The number of allylic oxidation sites excluding steroid dienone is 26. The van der Waals surface area contributed by atoms with Gasteiger partial charge in [0.2, 0.25) is 0 Å². The SMILES string of the molecule is CC/C=C\C/C=C\C/C=C\C/C=C\C/C=C\C/C=C\CCC(=O)OCC(COP(=O)(O)OCC(O)COP(=O)(O)OCC(COC(=O)CCC/C=C\C/C=C\C/C=C\C/C=C\C/C=C\CC)OC(=O)CCCCCCC/C=C\CCCCCC)OC(=O)CCCCCCC/C=C\CCCCCCCC. The normalized spacial score (nSPS) is 14.7. The number of phosphoric ester groups is 2. The molecule has 0 aromatic heterocycles. The largest absolute Gasteiger partial charge is 0.472 e. The summed E-state index contributed by atoms with van der Waals surface area (Å²) in [5.74, 6) is -2.37. The van der Waals surface area contributed by atoms with Crippen molar-refractivity contribution in [2.24, 2.45) is 0 Å². The van der Waals surface area contributed by atoms with Crippen LogP contribution in [0.2, 0.25) is 0 Å². The fourth-order valence-corrected chi connectivity index (χ4v) is 11.6. The lowest BCUT2D eigenvalue weighted by molar-refractivity contribution is -0.161. The maximum Gasteiger partial charge on any atom is 0.472 e. The van der Waals surface area contributed by atoms with Crippen LogP contribution in [-0.4, -0.2) is 96.7 Å². The van der Waals surface area contributed by atoms with Crippen LogP contribution in [0, 0.1) is 0 Å². The zero-order valence-electron chi connectivity index (χ0n) is 64.6. The van der Waals surface area contributed by atoms with E-state index in [0.717, 1.165) is 141 Å². The zero-order chi connectivity index (χ0) is 76.0. The van der Waals surface area contributed by atoms with Gasteiger partial charge in [0.25, 0.3) is 0 Å². The van der Waals surface area contributed by atoms with E-state index in [-0.39, 0.29) is 25.7 Å². The van der Waals surface area contributed by atoms with Gasteiger partial charge >= 0.3 is 39.5 Å². The van der Waals surface area contributed by atoms with Crippen molar-refractivity contribution < 1.29 is 80.2 Å². The standard InChI is InChI=1S/C85H140O17P2/c1-5-9-13-17-21-25-29-33-36-38-39-41-44-47-50-54-58-62-66-70-83(88)96-76-81(102-85(90)72-68-64-60-56-52-48-42-35-31-27-23-19-15-11-7-3)78-100-104(93,94)98-74-79(86)73-97-103(91,92)99-77-80(101-84(89)71-67-63-59-55-51-45-32-28-24-20-16-12-8-4)75-95-82(87)69-65-61-57-53-49-46-43-40-37-34-30-26-22-18-14-10-6-2/h9-10,13-14,21-22,25-26,28,32-37,39,41-43,46-47,50,53,57-58,62,79-81,86H,5-8,11-12,15-20,23-24,27,29-31,38,40,44-45,48-49,51-52,54-56,59-61,63-78H2,1-4H3,(H,91,92)(H,93,94)/b13-9-,14-10-,25-21-,26-22-,32-28-,36-33-,37-34-,41-39-,42-35-,46-43-,50-47-,57-53-,62-58-. The van der Waals surface area contributed by atoms with Crippen LogP contribution in [0.25, 0.3) is 0 Å². The number of esters is 4. The van der Waals surface area contributed by atoms with Crippen LogP contribution in [0.15, 0.2) is 158 Å². The number of phosphoric acid groups is 2. The molecular weight excluding hydrogens is 1350 g/mol. The van der Waals surface area contributed by atoms with Crippen LogP contribution in [0.5, 0.6) is 0 Å². The molecule has 19 heteroatoms. The highest BCUT2D eigenvalue weighted by molar-refractivity contribution is 7.47. The Balaban J connectivity index is 5.48. The van der Waals surface area contributed by atoms with E-state index in [4.69, 9.17) is 37.0 Å². The summed E-state index contributed by atoms with van der Waals surface area (Å²) in [6, 6.07) is 0. The molecule has 0 bridgehead atoms. The van der Waals surface area contributed by atoms with E-state index in [1.165, 1.54) is 64.2 Å². The van der Waals surface area contributed by atoms with Crippen molar-refractivity contribution in [3.63, 3.8) is 0 Å². The maximum absolute atomic E-state index is 13.1. The number of aliphatic hydroxyl groups is 1. The molecule has 104 heavy (non-hydrogen) atoms. The summed E-state index contributed by atoms with van der Waals surface area (Å²) in [7, 11) is -10.0. The summed E-state index contributed by atoms with van der Waals surface area (Å²) in [4.78, 5) is 72.9. The summed E-state index contributed by atoms with van der Waals surface area (Å²) in [6.07, 6.45) is 88.2. The van der Waals surface area contributed by atoms with Gasteiger partial charge in [-0.05, 0) is 154 Å². The molecule has 0 amide bonds. The summed E-state index contributed by atoms with van der Waals surface area (Å²) in [5, 5.41) is 10.6. The quantitative estimate of drug-likeness (QED) is 0.0169. The number of hydrogen-bond acceptors (Lipinski definition) is 15. The monoisotopic (exact) mass is 1490 g/mol. The molecule has 0 aromatic carbocycles. The third-order valence-electron chi connectivity index (χ3n) is 16.0. The molecule has 5 unspecified atom stereocenters. The highest BCUT2D eigenvalue weighted by Gasteiger charge is 2.30. The Morgan fingerprint density at radius 3 is 0.875 bits per heavy atom. The molecule has 5 atom stereocenters. The number of rotatable bonds is 73. The van der Waals surface area contributed by atoms with Gasteiger partial charge in [-0.25, -0.2) is 9.13 Å². The Morgan fingerprint density at radius 2 is 0.529 bits per heavy atom. The second kappa shape index (κ2) is 75.9. The van der Waals surface area contributed by atoms with Crippen LogP contribution in [-0.2, 0) is 65.4 Å². The molecule has 0 aliphatic heterocycles. The number of carbonyl (C=O) groups excluding carboxylic acids is 4. The Hall–Kier alpha value is -5.32. The maximum atomic E-state index is 13.1. The van der Waals surface area contributed by atoms with Crippen LogP contribution in [0.3, 0.4) is 0 Å². The molecular formula is C85H140O17P2. The minimum Gasteiger partial charge on any atom is -0.462 e. The molecule has 0 aliphatic rings. The van der Waals surface area contributed by atoms with Gasteiger partial charge in [0.05, 0.1) is 26.4 Å². The van der Waals surface area contributed by atoms with Crippen molar-refractivity contribution in [2.75, 3.05) is 39.6 Å². The lowest BCUT2D eigenvalue weighted by Gasteiger charge is -2.21. The molecule has 592 valence electrons. The van der Waals surface area contributed by atoms with Gasteiger partial charge in [-0.1, -0.05) is 276 Å². The highest BCUT2D eigenvalue weighted by atomic mass is 31.2. The summed E-state index contributed by atoms with van der Waals surface area (Å²) in [6.45, 7) is 4.45. The summed E-state index contributed by atoms with van der Waals surface area (Å²) < 4.78 is 68.4. The van der Waals surface area contributed by atoms with Crippen molar-refractivity contribution in [3.8, 4) is 0 Å². The fraction of sp³-hybridized carbons (Fsp3) is 0.647. The van der Waals surface area contributed by atoms with E-state index in [1.807, 2.05) is 30.4 Å². The number of carbonyl (C=O) groups is 4. The highest BCUT2D eigenvalue weighted by Crippen LogP contribution is 2.45. The van der Waals surface area contributed by atoms with Gasteiger partial charge in [0.1, 0.15) is 19.3 Å². The molecule has 0 fully saturated rings. The molecule has 0 saturated carbocycles. The third-order valence-corrected chi connectivity index (χ3v) is 17.9. The molecule has 0 heterocycles. The first-order valence-electron chi connectivity index (χ1n) is 39.7. The molecule has 0 aliphatic carbocycles. The Labute approximate surface area is 629 Å². The first-order chi connectivity index (χ1) is 50.7. The lowest BCUT2D eigenvalue weighted by atomic mass is 10.1. The second-order valence-electron chi connectivity index (χ2n) is 25.9. The minimum absolute atomic E-state index is 0.0293. The van der Waals surface area contributed by atoms with E-state index < -0.39 is 97.5 Å². The number of aliphatic hydroxyl groups excluding tert-OH is 1. The minimum atomic E-state index is -5.00. The van der Waals surface area contributed by atoms with Crippen molar-refractivity contribution in [2.45, 2.75) is 316 Å². The molecule has 0 radical (unpaired) electrons. The zero-order valence-corrected chi connectivity index (χ0v) is 66.4. The first kappa shape index (κ1) is 98.7. The van der Waals surface area contributed by atoms with E-state index in [0.29, 0.717) is 38.5 Å². The van der Waals surface area contributed by atoms with Crippen LogP contribution in [0.1, 0.15) is 297 Å². The Kier molecular flexibility index (Phi) is 72.0. The van der Waals surface area contributed by atoms with Gasteiger partial charge in [-0.3, -0.25) is 37.3 Å². The Bertz CT molecular complexity index is 2590. The average molecular weight is 1500 g/mol. The van der Waals surface area contributed by atoms with Gasteiger partial charge < -0.3 is 33.8 Å². The van der Waals surface area contributed by atoms with Crippen molar-refractivity contribution in [1.29, 1.82) is 0 Å². The molecule has 0 spiro atoms. The van der Waals surface area contributed by atoms with Crippen molar-refractivity contribution in [1.82, 2.24) is 0 Å². The molecule has 0 rings (SSSR count). The first-order valence-corrected chi connectivity index (χ1v) is 42.7. The molecule has 0 aromatic rings. The summed E-state index contributed by atoms with van der Waals surface area (Å²) >= 11 is 0. The fourth-order valence-electron chi connectivity index (χ4n) is 9.98.